The van der Waals surface area contributed by atoms with Gasteiger partial charge < -0.3 is 10.2 Å². The van der Waals surface area contributed by atoms with Crippen LogP contribution in [0.4, 0.5) is 4.39 Å². The second-order valence-corrected chi connectivity index (χ2v) is 5.67. The van der Waals surface area contributed by atoms with Crippen molar-refractivity contribution in [1.82, 2.24) is 15.1 Å². The largest absolute Gasteiger partial charge is 0.347 e. The fourth-order valence-corrected chi connectivity index (χ4v) is 3.00. The van der Waals surface area contributed by atoms with E-state index in [4.69, 9.17) is 0 Å². The number of likely N-dealkylation sites (N-methyl/N-ethyl adjacent to an activating group) is 1. The summed E-state index contributed by atoms with van der Waals surface area (Å²) in [7, 11) is 3.55. The van der Waals surface area contributed by atoms with Gasteiger partial charge in [0.25, 0.3) is 0 Å². The van der Waals surface area contributed by atoms with Crippen LogP contribution in [0.25, 0.3) is 0 Å². The smallest absolute Gasteiger partial charge is 0.240 e. The molecule has 1 fully saturated rings. The maximum absolute atomic E-state index is 13.5. The molecule has 21 heavy (non-hydrogen) atoms. The average Bonchev–Trinajstić information content (AvgIpc) is 2.48. The van der Waals surface area contributed by atoms with Crippen molar-refractivity contribution in [3.8, 4) is 0 Å². The van der Waals surface area contributed by atoms with Crippen LogP contribution in [0, 0.1) is 5.82 Å². The van der Waals surface area contributed by atoms with Gasteiger partial charge >= 0.3 is 0 Å². The first-order valence-electron chi connectivity index (χ1n) is 7.47. The van der Waals surface area contributed by atoms with Gasteiger partial charge in [-0.15, -0.1) is 0 Å². The highest BCUT2D eigenvalue weighted by Gasteiger charge is 2.34. The summed E-state index contributed by atoms with van der Waals surface area (Å²) in [5, 5.41) is 3.28. The number of carbonyl (C=O) groups is 1. The highest BCUT2D eigenvalue weighted by atomic mass is 19.1. The molecule has 4 nitrogen and oxygen atoms in total. The molecule has 2 rings (SSSR count). The van der Waals surface area contributed by atoms with Crippen LogP contribution < -0.4 is 5.32 Å². The van der Waals surface area contributed by atoms with E-state index in [-0.39, 0.29) is 23.8 Å². The monoisotopic (exact) mass is 293 g/mol. The summed E-state index contributed by atoms with van der Waals surface area (Å²) < 4.78 is 13.5. The van der Waals surface area contributed by atoms with E-state index >= 15 is 0 Å². The van der Waals surface area contributed by atoms with Crippen molar-refractivity contribution >= 4 is 5.91 Å². The highest BCUT2D eigenvalue weighted by molar-refractivity contribution is 5.81. The lowest BCUT2D eigenvalue weighted by atomic mass is 9.99. The van der Waals surface area contributed by atoms with E-state index in [1.165, 1.54) is 6.07 Å². The van der Waals surface area contributed by atoms with Gasteiger partial charge in [-0.25, -0.2) is 4.39 Å². The number of halogens is 1. The summed E-state index contributed by atoms with van der Waals surface area (Å²) in [6, 6.07) is 6.58. The Bertz CT molecular complexity index is 492. The standard InChI is InChI=1S/C16H24FN3O/c1-4-14(12-6-5-7-13(17)10-12)20-9-8-18-11-15(20)16(21)19(2)3/h5-7,10,14-15,18H,4,8-9,11H2,1-3H3. The van der Waals surface area contributed by atoms with Crippen molar-refractivity contribution < 1.29 is 9.18 Å². The van der Waals surface area contributed by atoms with Crippen LogP contribution >= 0.6 is 0 Å². The lowest BCUT2D eigenvalue weighted by Gasteiger charge is -2.41. The van der Waals surface area contributed by atoms with Crippen LogP contribution in [0.3, 0.4) is 0 Å². The topological polar surface area (TPSA) is 35.6 Å². The molecule has 0 radical (unpaired) electrons. The van der Waals surface area contributed by atoms with E-state index in [9.17, 15) is 9.18 Å². The third-order valence-corrected chi connectivity index (χ3v) is 4.03. The molecular weight excluding hydrogens is 269 g/mol. The number of nitrogens with one attached hydrogen (secondary N) is 1. The molecule has 1 heterocycles. The normalized spacial score (nSPS) is 21.0. The van der Waals surface area contributed by atoms with Gasteiger partial charge in [0.2, 0.25) is 5.91 Å². The summed E-state index contributed by atoms with van der Waals surface area (Å²) in [6.07, 6.45) is 0.848. The van der Waals surface area contributed by atoms with E-state index in [1.807, 2.05) is 6.07 Å². The zero-order chi connectivity index (χ0) is 15.4. The predicted octanol–water partition coefficient (Wildman–Crippen LogP) is 1.64. The molecule has 1 aliphatic rings. The van der Waals surface area contributed by atoms with E-state index < -0.39 is 0 Å². The second-order valence-electron chi connectivity index (χ2n) is 5.67. The SMILES string of the molecule is CCC(c1cccc(F)c1)N1CCNCC1C(=O)N(C)C. The summed E-state index contributed by atoms with van der Waals surface area (Å²) >= 11 is 0. The Kier molecular flexibility index (Phi) is 5.31. The van der Waals surface area contributed by atoms with E-state index in [1.54, 1.807) is 31.1 Å². The molecule has 0 aromatic heterocycles. The fourth-order valence-electron chi connectivity index (χ4n) is 3.00. The molecule has 1 aromatic rings. The van der Waals surface area contributed by atoms with Crippen molar-refractivity contribution in [2.24, 2.45) is 0 Å². The van der Waals surface area contributed by atoms with E-state index in [0.29, 0.717) is 6.54 Å². The van der Waals surface area contributed by atoms with E-state index in [2.05, 4.69) is 17.1 Å². The van der Waals surface area contributed by atoms with Crippen molar-refractivity contribution in [2.45, 2.75) is 25.4 Å². The van der Waals surface area contributed by atoms with Gasteiger partial charge in [-0.2, -0.15) is 0 Å². The number of hydrogen-bond acceptors (Lipinski definition) is 3. The molecule has 0 spiro atoms. The number of hydrogen-bond donors (Lipinski definition) is 1. The van der Waals surface area contributed by atoms with Gasteiger partial charge in [0, 0.05) is 39.8 Å². The number of nitrogens with zero attached hydrogens (tertiary/aromatic N) is 2. The Labute approximate surface area is 125 Å². The quantitative estimate of drug-likeness (QED) is 0.916. The molecule has 5 heteroatoms. The lowest BCUT2D eigenvalue weighted by Crippen LogP contribution is -2.58. The van der Waals surface area contributed by atoms with Gasteiger partial charge in [0.1, 0.15) is 11.9 Å². The molecule has 0 aliphatic carbocycles. The molecule has 1 aliphatic heterocycles. The molecule has 1 amide bonds. The molecular formula is C16H24FN3O. The maximum Gasteiger partial charge on any atom is 0.240 e. The van der Waals surface area contributed by atoms with Crippen LogP contribution in [-0.2, 0) is 4.79 Å². The number of amides is 1. The summed E-state index contributed by atoms with van der Waals surface area (Å²) in [5.41, 5.74) is 0.941. The highest BCUT2D eigenvalue weighted by Crippen LogP contribution is 2.27. The Balaban J connectivity index is 2.27. The van der Waals surface area contributed by atoms with Crippen LogP contribution in [0.1, 0.15) is 24.9 Å². The maximum atomic E-state index is 13.5. The minimum Gasteiger partial charge on any atom is -0.347 e. The van der Waals surface area contributed by atoms with Crippen molar-refractivity contribution in [3.63, 3.8) is 0 Å². The number of carbonyl (C=O) groups excluding carboxylic acids is 1. The molecule has 0 saturated carbocycles. The number of piperazine rings is 1. The Morgan fingerprint density at radius 2 is 2.29 bits per heavy atom. The minimum absolute atomic E-state index is 0.0664. The van der Waals surface area contributed by atoms with Crippen LogP contribution in [-0.4, -0.2) is 55.5 Å². The third-order valence-electron chi connectivity index (χ3n) is 4.03. The lowest BCUT2D eigenvalue weighted by molar-refractivity contribution is -0.136. The Morgan fingerprint density at radius 3 is 2.90 bits per heavy atom. The molecule has 2 atom stereocenters. The van der Waals surface area contributed by atoms with Crippen molar-refractivity contribution in [2.75, 3.05) is 33.7 Å². The molecule has 116 valence electrons. The first kappa shape index (κ1) is 15.9. The Morgan fingerprint density at radius 1 is 1.52 bits per heavy atom. The summed E-state index contributed by atoms with van der Waals surface area (Å²) in [5.74, 6) is -0.131. The van der Waals surface area contributed by atoms with E-state index in [0.717, 1.165) is 25.1 Å². The molecule has 1 N–H and O–H groups in total. The zero-order valence-corrected chi connectivity index (χ0v) is 13.0. The zero-order valence-electron chi connectivity index (χ0n) is 13.0. The molecule has 1 aromatic carbocycles. The van der Waals surface area contributed by atoms with Crippen LogP contribution in [0.5, 0.6) is 0 Å². The van der Waals surface area contributed by atoms with Gasteiger partial charge in [-0.1, -0.05) is 19.1 Å². The fraction of sp³-hybridized carbons (Fsp3) is 0.562. The average molecular weight is 293 g/mol. The molecule has 0 bridgehead atoms. The van der Waals surface area contributed by atoms with Crippen molar-refractivity contribution in [3.05, 3.63) is 35.6 Å². The Hall–Kier alpha value is -1.46. The first-order chi connectivity index (χ1) is 10.0. The van der Waals surface area contributed by atoms with Gasteiger partial charge in [0.15, 0.2) is 0 Å². The summed E-state index contributed by atoms with van der Waals surface area (Å²) in [4.78, 5) is 16.2. The van der Waals surface area contributed by atoms with Gasteiger partial charge in [-0.05, 0) is 24.1 Å². The van der Waals surface area contributed by atoms with Crippen LogP contribution in [0.15, 0.2) is 24.3 Å². The summed E-state index contributed by atoms with van der Waals surface area (Å²) in [6.45, 7) is 4.36. The van der Waals surface area contributed by atoms with Gasteiger partial charge in [0.05, 0.1) is 0 Å². The molecule has 1 saturated heterocycles. The third kappa shape index (κ3) is 3.60. The number of benzene rings is 1. The number of rotatable bonds is 4. The molecule has 2 unspecified atom stereocenters. The van der Waals surface area contributed by atoms with Crippen molar-refractivity contribution in [1.29, 1.82) is 0 Å². The predicted molar refractivity (Wildman–Crippen MR) is 81.5 cm³/mol. The van der Waals surface area contributed by atoms with Gasteiger partial charge in [-0.3, -0.25) is 9.69 Å². The first-order valence-corrected chi connectivity index (χ1v) is 7.47. The minimum atomic E-state index is -0.225. The van der Waals surface area contributed by atoms with Crippen LogP contribution in [0.2, 0.25) is 0 Å². The second kappa shape index (κ2) is 7.00.